The van der Waals surface area contributed by atoms with Gasteiger partial charge < -0.3 is 44.4 Å². The summed E-state index contributed by atoms with van der Waals surface area (Å²) in [4.78, 5) is 41.4. The topological polar surface area (TPSA) is 145 Å². The van der Waals surface area contributed by atoms with Crippen molar-refractivity contribution in [1.82, 2.24) is 24.8 Å². The smallest absolute Gasteiger partial charge is 0.261 e. The number of hydrogen-bond donors (Lipinski definition) is 4. The minimum absolute atomic E-state index is 0.0387. The maximum Gasteiger partial charge on any atom is 0.261 e. The number of rotatable bonds is 9. The zero-order valence-corrected chi connectivity index (χ0v) is 24.8. The lowest BCUT2D eigenvalue weighted by atomic mass is 10.0. The zero-order chi connectivity index (χ0) is 30.4. The van der Waals surface area contributed by atoms with Crippen LogP contribution in [0, 0.1) is 0 Å². The van der Waals surface area contributed by atoms with Crippen LogP contribution < -0.4 is 25.1 Å². The van der Waals surface area contributed by atoms with Gasteiger partial charge in [0.15, 0.2) is 11.5 Å². The molecule has 3 aliphatic heterocycles. The first-order valence-corrected chi connectivity index (χ1v) is 15.1. The summed E-state index contributed by atoms with van der Waals surface area (Å²) in [6.07, 6.45) is 3.37. The number of carbonyl (C=O) groups is 1. The van der Waals surface area contributed by atoms with E-state index in [1.807, 2.05) is 30.0 Å². The molecule has 0 spiro atoms. The van der Waals surface area contributed by atoms with Gasteiger partial charge in [-0.15, -0.1) is 0 Å². The molecule has 0 bridgehead atoms. The Balaban J connectivity index is 1.06. The van der Waals surface area contributed by atoms with Crippen LogP contribution in [-0.4, -0.2) is 88.0 Å². The van der Waals surface area contributed by atoms with Gasteiger partial charge in [0, 0.05) is 37.0 Å². The number of aliphatic hydroxyl groups is 1. The molecule has 7 rings (SSSR count). The number of aromatic amines is 2. The molecule has 0 radical (unpaired) electrons. The van der Waals surface area contributed by atoms with Crippen molar-refractivity contribution in [3.63, 3.8) is 0 Å². The molecule has 4 N–H and O–H groups in total. The van der Waals surface area contributed by atoms with Crippen LogP contribution >= 0.6 is 0 Å². The SMILES string of the molecule is CCc1cc2c(cc1OC[C@H](O)CNc1cc[nH]c(=O)c1-c1nc3cc4c(cc3[nH]1)CN(C1CCN(C)CC1)C4=O)OCO2. The van der Waals surface area contributed by atoms with Gasteiger partial charge in [0.2, 0.25) is 6.79 Å². The van der Waals surface area contributed by atoms with Crippen molar-refractivity contribution in [3.05, 3.63) is 63.6 Å². The second-order valence-corrected chi connectivity index (χ2v) is 11.7. The van der Waals surface area contributed by atoms with E-state index < -0.39 is 6.10 Å². The number of likely N-dealkylation sites (tertiary alicyclic amines) is 1. The van der Waals surface area contributed by atoms with Crippen LogP contribution in [0.4, 0.5) is 5.69 Å². The van der Waals surface area contributed by atoms with Gasteiger partial charge in [-0.05, 0) is 74.8 Å². The van der Waals surface area contributed by atoms with Crippen molar-refractivity contribution in [2.24, 2.45) is 0 Å². The maximum absolute atomic E-state index is 13.3. The summed E-state index contributed by atoms with van der Waals surface area (Å²) in [6.45, 7) is 4.93. The minimum Gasteiger partial charge on any atom is -0.490 e. The number of carbonyl (C=O) groups excluding carboxylic acids is 1. The Hall–Kier alpha value is -4.55. The molecule has 2 aromatic heterocycles. The number of amides is 1. The fourth-order valence-electron chi connectivity index (χ4n) is 6.27. The van der Waals surface area contributed by atoms with E-state index in [1.54, 1.807) is 18.3 Å². The fourth-order valence-corrected chi connectivity index (χ4v) is 6.27. The molecule has 230 valence electrons. The van der Waals surface area contributed by atoms with Crippen molar-refractivity contribution in [1.29, 1.82) is 0 Å². The monoisotopic (exact) mass is 600 g/mol. The molecule has 4 aromatic rings. The molecule has 44 heavy (non-hydrogen) atoms. The number of aryl methyl sites for hydroxylation is 1. The fraction of sp³-hybridized carbons (Fsp3) is 0.406. The van der Waals surface area contributed by atoms with Crippen LogP contribution in [-0.2, 0) is 13.0 Å². The van der Waals surface area contributed by atoms with Crippen LogP contribution in [0.2, 0.25) is 0 Å². The lowest BCUT2D eigenvalue weighted by molar-refractivity contribution is 0.0617. The van der Waals surface area contributed by atoms with Crippen LogP contribution in [0.3, 0.4) is 0 Å². The quantitative estimate of drug-likeness (QED) is 0.228. The molecular formula is C32H36N6O6. The third-order valence-corrected chi connectivity index (χ3v) is 8.76. The summed E-state index contributed by atoms with van der Waals surface area (Å²) in [5.41, 5.74) is 4.48. The molecule has 0 unspecified atom stereocenters. The van der Waals surface area contributed by atoms with E-state index in [9.17, 15) is 14.7 Å². The molecule has 1 amide bonds. The van der Waals surface area contributed by atoms with Gasteiger partial charge in [-0.2, -0.15) is 0 Å². The number of nitrogens with zero attached hydrogens (tertiary/aromatic N) is 3. The van der Waals surface area contributed by atoms with Gasteiger partial charge in [0.1, 0.15) is 29.8 Å². The highest BCUT2D eigenvalue weighted by Gasteiger charge is 2.34. The summed E-state index contributed by atoms with van der Waals surface area (Å²) in [5, 5.41) is 13.9. The molecular weight excluding hydrogens is 564 g/mol. The van der Waals surface area contributed by atoms with Crippen molar-refractivity contribution < 1.29 is 24.1 Å². The average molecular weight is 601 g/mol. The summed E-state index contributed by atoms with van der Waals surface area (Å²) in [6, 6.07) is 9.46. The lowest BCUT2D eigenvalue weighted by Gasteiger charge is -2.34. The second-order valence-electron chi connectivity index (χ2n) is 11.7. The molecule has 3 aliphatic rings. The Morgan fingerprint density at radius 3 is 2.75 bits per heavy atom. The molecule has 1 fully saturated rings. The van der Waals surface area contributed by atoms with Crippen molar-refractivity contribution in [2.75, 3.05) is 45.4 Å². The Bertz CT molecular complexity index is 1780. The van der Waals surface area contributed by atoms with Crippen LogP contribution in [0.5, 0.6) is 17.2 Å². The van der Waals surface area contributed by atoms with Crippen LogP contribution in [0.15, 0.2) is 41.3 Å². The number of pyridine rings is 1. The summed E-state index contributed by atoms with van der Waals surface area (Å²) in [7, 11) is 2.11. The van der Waals surface area contributed by atoms with E-state index in [2.05, 4.69) is 27.2 Å². The minimum atomic E-state index is -0.866. The number of imidazole rings is 1. The standard InChI is InChI=1S/C32H36N6O6/c1-3-18-11-27-28(44-17-43-27)13-26(18)42-16-21(39)14-34-23-4-7-33-31(40)29(23)30-35-24-10-19-15-38(20-5-8-37(2)9-6-20)32(41)22(19)12-25(24)36-30/h4,7,10-13,20-21,39H,3,5-6,8-9,14-17H2,1-2H3,(H,35,36)(H2,33,34,40)/t21-/m1/s1. The number of fused-ring (bicyclic) bond motifs is 3. The number of ether oxygens (including phenoxy) is 3. The Morgan fingerprint density at radius 1 is 1.16 bits per heavy atom. The first kappa shape index (κ1) is 28.2. The Kier molecular flexibility index (Phi) is 7.39. The average Bonchev–Trinajstić information content (AvgIpc) is 3.74. The molecule has 1 atom stereocenters. The number of aromatic nitrogens is 3. The number of anilines is 1. The molecule has 0 aliphatic carbocycles. The summed E-state index contributed by atoms with van der Waals surface area (Å²) < 4.78 is 16.8. The third kappa shape index (κ3) is 5.24. The zero-order valence-electron chi connectivity index (χ0n) is 24.8. The van der Waals surface area contributed by atoms with Crippen molar-refractivity contribution in [2.45, 2.75) is 44.9 Å². The highest BCUT2D eigenvalue weighted by molar-refractivity contribution is 6.02. The van der Waals surface area contributed by atoms with E-state index in [4.69, 9.17) is 19.2 Å². The first-order valence-electron chi connectivity index (χ1n) is 15.1. The van der Waals surface area contributed by atoms with Crippen molar-refractivity contribution >= 4 is 22.6 Å². The first-order chi connectivity index (χ1) is 21.4. The lowest BCUT2D eigenvalue weighted by Crippen LogP contribution is -2.43. The Morgan fingerprint density at radius 2 is 1.95 bits per heavy atom. The summed E-state index contributed by atoms with van der Waals surface area (Å²) >= 11 is 0. The molecule has 5 heterocycles. The molecule has 2 aromatic carbocycles. The largest absolute Gasteiger partial charge is 0.490 e. The molecule has 12 nitrogen and oxygen atoms in total. The van der Waals surface area contributed by atoms with Gasteiger partial charge in [-0.3, -0.25) is 9.59 Å². The maximum atomic E-state index is 13.3. The number of benzene rings is 2. The van der Waals surface area contributed by atoms with Gasteiger partial charge in [0.05, 0.1) is 16.7 Å². The van der Waals surface area contributed by atoms with Gasteiger partial charge in [0.25, 0.3) is 11.5 Å². The Labute approximate surface area is 253 Å². The molecule has 12 heteroatoms. The molecule has 1 saturated heterocycles. The van der Waals surface area contributed by atoms with E-state index >= 15 is 0 Å². The van der Waals surface area contributed by atoms with E-state index in [-0.39, 0.29) is 37.5 Å². The van der Waals surface area contributed by atoms with E-state index in [0.717, 1.165) is 49.0 Å². The van der Waals surface area contributed by atoms with Crippen LogP contribution in [0.25, 0.3) is 22.4 Å². The number of hydrogen-bond acceptors (Lipinski definition) is 9. The number of H-pyrrole nitrogens is 2. The van der Waals surface area contributed by atoms with E-state index in [1.165, 1.54) is 0 Å². The predicted molar refractivity (Wildman–Crippen MR) is 164 cm³/mol. The predicted octanol–water partition coefficient (Wildman–Crippen LogP) is 3.11. The highest BCUT2D eigenvalue weighted by Crippen LogP contribution is 2.38. The van der Waals surface area contributed by atoms with Gasteiger partial charge in [-0.25, -0.2) is 4.98 Å². The highest BCUT2D eigenvalue weighted by atomic mass is 16.7. The van der Waals surface area contributed by atoms with Crippen molar-refractivity contribution in [3.8, 4) is 28.6 Å². The number of nitrogens with one attached hydrogen (secondary N) is 3. The van der Waals surface area contributed by atoms with Gasteiger partial charge >= 0.3 is 0 Å². The third-order valence-electron chi connectivity index (χ3n) is 8.76. The molecule has 0 saturated carbocycles. The van der Waals surface area contributed by atoms with Gasteiger partial charge in [-0.1, -0.05) is 6.92 Å². The van der Waals surface area contributed by atoms with E-state index in [0.29, 0.717) is 51.9 Å². The van der Waals surface area contributed by atoms with Crippen LogP contribution in [0.1, 0.15) is 41.3 Å². The number of piperidine rings is 1. The summed E-state index contributed by atoms with van der Waals surface area (Å²) in [5.74, 6) is 2.37. The normalized spacial score (nSPS) is 17.3. The second kappa shape index (κ2) is 11.5. The number of aliphatic hydroxyl groups excluding tert-OH is 1.